The van der Waals surface area contributed by atoms with Crippen molar-refractivity contribution in [2.45, 2.75) is 32.4 Å². The molecule has 0 saturated carbocycles. The number of carbonyl (C=O) groups excluding carboxylic acids is 2. The Labute approximate surface area is 175 Å². The Bertz CT molecular complexity index is 956. The summed E-state index contributed by atoms with van der Waals surface area (Å²) in [6.07, 6.45) is 3.00. The van der Waals surface area contributed by atoms with Crippen molar-refractivity contribution in [2.75, 3.05) is 20.2 Å². The number of aromatic nitrogens is 1. The summed E-state index contributed by atoms with van der Waals surface area (Å²) in [7, 11) is 1.58. The van der Waals surface area contributed by atoms with Crippen molar-refractivity contribution in [1.82, 2.24) is 20.2 Å². The van der Waals surface area contributed by atoms with Gasteiger partial charge in [0.15, 0.2) is 0 Å². The van der Waals surface area contributed by atoms with Crippen LogP contribution in [0.2, 0.25) is 0 Å². The van der Waals surface area contributed by atoms with Crippen LogP contribution in [0.25, 0.3) is 0 Å². The lowest BCUT2D eigenvalue weighted by molar-refractivity contribution is -0.128. The molecule has 2 aliphatic heterocycles. The van der Waals surface area contributed by atoms with Crippen LogP contribution < -0.4 is 10.1 Å². The second-order valence-electron chi connectivity index (χ2n) is 7.49. The lowest BCUT2D eigenvalue weighted by Crippen LogP contribution is -2.45. The molecular weight excluding hydrogens is 382 g/mol. The average molecular weight is 407 g/mol. The van der Waals surface area contributed by atoms with Gasteiger partial charge >= 0.3 is 6.03 Å². The molecule has 0 aliphatic carbocycles. The van der Waals surface area contributed by atoms with Crippen molar-refractivity contribution in [2.24, 2.45) is 5.10 Å². The van der Waals surface area contributed by atoms with E-state index >= 15 is 0 Å². The minimum absolute atomic E-state index is 0.115. The molecular formula is C22H25N5O3. The summed E-state index contributed by atoms with van der Waals surface area (Å²) in [4.78, 5) is 31.2. The summed E-state index contributed by atoms with van der Waals surface area (Å²) in [5, 5.41) is 8.86. The Kier molecular flexibility index (Phi) is 5.65. The number of methoxy groups -OCH3 is 1. The molecule has 156 valence electrons. The van der Waals surface area contributed by atoms with Crippen LogP contribution in [-0.4, -0.2) is 58.8 Å². The van der Waals surface area contributed by atoms with E-state index < -0.39 is 0 Å². The van der Waals surface area contributed by atoms with Gasteiger partial charge in [-0.1, -0.05) is 29.8 Å². The molecule has 1 unspecified atom stereocenters. The number of hydrogen-bond donors (Lipinski definition) is 1. The maximum absolute atomic E-state index is 12.8. The number of nitrogens with one attached hydrogen (secondary N) is 1. The van der Waals surface area contributed by atoms with Crippen LogP contribution in [0, 0.1) is 6.92 Å². The van der Waals surface area contributed by atoms with Crippen molar-refractivity contribution < 1.29 is 14.3 Å². The standard InChI is InChI=1S/C22H25N5O3/c1-15-5-7-16(8-6-15)21-19(26-11-3-4-20(26)28)14-27(25-21)22(29)24-12-17-9-10-18(30-2)13-23-17/h5-10,13,19H,3-4,11-12,14H2,1-2H3,(H,24,29). The van der Waals surface area contributed by atoms with Crippen molar-refractivity contribution >= 4 is 17.6 Å². The summed E-state index contributed by atoms with van der Waals surface area (Å²) < 4.78 is 5.10. The van der Waals surface area contributed by atoms with E-state index in [-0.39, 0.29) is 24.5 Å². The van der Waals surface area contributed by atoms with Crippen LogP contribution in [0.15, 0.2) is 47.7 Å². The summed E-state index contributed by atoms with van der Waals surface area (Å²) in [6.45, 7) is 3.34. The maximum atomic E-state index is 12.8. The first kappa shape index (κ1) is 19.9. The molecule has 1 atom stereocenters. The first-order valence-electron chi connectivity index (χ1n) is 10.0. The predicted octanol–water partition coefficient (Wildman–Crippen LogP) is 2.32. The first-order chi connectivity index (χ1) is 14.5. The molecule has 2 aromatic rings. The fraction of sp³-hybridized carbons (Fsp3) is 0.364. The van der Waals surface area contributed by atoms with E-state index in [1.807, 2.05) is 36.1 Å². The van der Waals surface area contributed by atoms with Gasteiger partial charge in [-0.2, -0.15) is 5.10 Å². The van der Waals surface area contributed by atoms with Crippen LogP contribution in [0.3, 0.4) is 0 Å². The summed E-state index contributed by atoms with van der Waals surface area (Å²) in [5.74, 6) is 0.777. The van der Waals surface area contributed by atoms with E-state index in [1.54, 1.807) is 25.4 Å². The van der Waals surface area contributed by atoms with Gasteiger partial charge in [-0.3, -0.25) is 9.78 Å². The molecule has 1 aromatic heterocycles. The van der Waals surface area contributed by atoms with Gasteiger partial charge in [0.2, 0.25) is 5.91 Å². The van der Waals surface area contributed by atoms with Crippen molar-refractivity contribution in [1.29, 1.82) is 0 Å². The average Bonchev–Trinajstić information content (AvgIpc) is 3.39. The third-order valence-electron chi connectivity index (χ3n) is 5.41. The van der Waals surface area contributed by atoms with Crippen LogP contribution in [0.4, 0.5) is 4.79 Å². The van der Waals surface area contributed by atoms with E-state index in [4.69, 9.17) is 4.74 Å². The normalized spacial score (nSPS) is 18.5. The van der Waals surface area contributed by atoms with Crippen LogP contribution >= 0.6 is 0 Å². The Morgan fingerprint density at radius 3 is 2.67 bits per heavy atom. The number of aryl methyl sites for hydroxylation is 1. The lowest BCUT2D eigenvalue weighted by Gasteiger charge is -2.25. The van der Waals surface area contributed by atoms with E-state index in [1.165, 1.54) is 5.01 Å². The predicted molar refractivity (Wildman–Crippen MR) is 112 cm³/mol. The molecule has 8 heteroatoms. The molecule has 8 nitrogen and oxygen atoms in total. The molecule has 0 radical (unpaired) electrons. The summed E-state index contributed by atoms with van der Waals surface area (Å²) in [5.41, 5.74) is 3.55. The van der Waals surface area contributed by atoms with Crippen LogP contribution in [0.5, 0.6) is 5.75 Å². The Balaban J connectivity index is 1.50. The summed E-state index contributed by atoms with van der Waals surface area (Å²) >= 11 is 0. The smallest absolute Gasteiger partial charge is 0.338 e. The molecule has 4 rings (SSSR count). The zero-order valence-corrected chi connectivity index (χ0v) is 17.2. The number of likely N-dealkylation sites (tertiary alicyclic amines) is 1. The lowest BCUT2D eigenvalue weighted by atomic mass is 10.0. The zero-order chi connectivity index (χ0) is 21.1. The monoisotopic (exact) mass is 407 g/mol. The topological polar surface area (TPSA) is 87.1 Å². The Hall–Kier alpha value is -3.42. The van der Waals surface area contributed by atoms with E-state index in [0.717, 1.165) is 29.0 Å². The largest absolute Gasteiger partial charge is 0.495 e. The minimum Gasteiger partial charge on any atom is -0.495 e. The second-order valence-corrected chi connectivity index (χ2v) is 7.49. The summed E-state index contributed by atoms with van der Waals surface area (Å²) in [6, 6.07) is 11.1. The van der Waals surface area contributed by atoms with Crippen LogP contribution in [0.1, 0.15) is 29.7 Å². The second kappa shape index (κ2) is 8.52. The highest BCUT2D eigenvalue weighted by atomic mass is 16.5. The molecule has 1 N–H and O–H groups in total. The van der Waals surface area contributed by atoms with Gasteiger partial charge in [-0.15, -0.1) is 0 Å². The number of pyridine rings is 1. The van der Waals surface area contributed by atoms with E-state index in [0.29, 0.717) is 25.3 Å². The SMILES string of the molecule is COc1ccc(CNC(=O)N2CC(N3CCCC3=O)C(c3ccc(C)cc3)=N2)nc1. The number of benzene rings is 1. The number of rotatable bonds is 5. The molecule has 2 aliphatic rings. The fourth-order valence-electron chi connectivity index (χ4n) is 3.73. The molecule has 0 bridgehead atoms. The number of hydrogen-bond acceptors (Lipinski definition) is 5. The van der Waals surface area contributed by atoms with Crippen molar-refractivity contribution in [3.05, 3.63) is 59.4 Å². The third-order valence-corrected chi connectivity index (χ3v) is 5.41. The van der Waals surface area contributed by atoms with Gasteiger partial charge in [0.1, 0.15) is 5.75 Å². The highest BCUT2D eigenvalue weighted by molar-refractivity contribution is 6.08. The number of carbonyl (C=O) groups is 2. The zero-order valence-electron chi connectivity index (χ0n) is 17.2. The molecule has 1 aromatic carbocycles. The van der Waals surface area contributed by atoms with Gasteiger partial charge < -0.3 is 15.0 Å². The third kappa shape index (κ3) is 4.12. The highest BCUT2D eigenvalue weighted by Gasteiger charge is 2.38. The Morgan fingerprint density at radius 1 is 1.23 bits per heavy atom. The molecule has 1 saturated heterocycles. The van der Waals surface area contributed by atoms with Gasteiger partial charge in [-0.05, 0) is 31.0 Å². The number of amides is 3. The van der Waals surface area contributed by atoms with E-state index in [9.17, 15) is 9.59 Å². The van der Waals surface area contributed by atoms with Gasteiger partial charge in [0.25, 0.3) is 0 Å². The molecule has 0 spiro atoms. The number of hydrazone groups is 1. The Morgan fingerprint density at radius 2 is 2.03 bits per heavy atom. The quantitative estimate of drug-likeness (QED) is 0.824. The maximum Gasteiger partial charge on any atom is 0.338 e. The van der Waals surface area contributed by atoms with Gasteiger partial charge in [0.05, 0.1) is 43.8 Å². The van der Waals surface area contributed by atoms with Crippen molar-refractivity contribution in [3.8, 4) is 5.75 Å². The van der Waals surface area contributed by atoms with E-state index in [2.05, 4.69) is 15.4 Å². The number of ether oxygens (including phenoxy) is 1. The first-order valence-corrected chi connectivity index (χ1v) is 10.0. The number of urea groups is 1. The molecule has 1 fully saturated rings. The molecule has 30 heavy (non-hydrogen) atoms. The molecule has 3 heterocycles. The molecule has 3 amide bonds. The van der Waals surface area contributed by atoms with Crippen LogP contribution in [-0.2, 0) is 11.3 Å². The van der Waals surface area contributed by atoms with Gasteiger partial charge in [0, 0.05) is 13.0 Å². The van der Waals surface area contributed by atoms with Crippen molar-refractivity contribution in [3.63, 3.8) is 0 Å². The fourth-order valence-corrected chi connectivity index (χ4v) is 3.73. The van der Waals surface area contributed by atoms with Gasteiger partial charge in [-0.25, -0.2) is 9.80 Å². The highest BCUT2D eigenvalue weighted by Crippen LogP contribution is 2.24. The minimum atomic E-state index is -0.314. The number of nitrogens with zero attached hydrogens (tertiary/aromatic N) is 4.